The first kappa shape index (κ1) is 12.2. The summed E-state index contributed by atoms with van der Waals surface area (Å²) >= 11 is 0. The van der Waals surface area contributed by atoms with E-state index >= 15 is 0 Å². The Bertz CT molecular complexity index is 526. The summed E-state index contributed by atoms with van der Waals surface area (Å²) in [6.07, 6.45) is 4.45. The molecule has 2 aromatic rings. The molecule has 0 aliphatic rings. The third-order valence-electron chi connectivity index (χ3n) is 2.57. The molecule has 0 amide bonds. The second-order valence-electron chi connectivity index (χ2n) is 4.04. The second kappa shape index (κ2) is 5.91. The van der Waals surface area contributed by atoms with Crippen molar-refractivity contribution >= 4 is 5.69 Å². The molecular weight excluding hydrogens is 228 g/mol. The first-order valence-corrected chi connectivity index (χ1v) is 5.88. The maximum Gasteiger partial charge on any atom is 0.181 e. The Kier molecular flexibility index (Phi) is 4.02. The number of nitrogen functional groups attached to an aromatic ring is 1. The van der Waals surface area contributed by atoms with Crippen LogP contribution in [0.5, 0.6) is 5.75 Å². The summed E-state index contributed by atoms with van der Waals surface area (Å²) in [7, 11) is 0. The lowest BCUT2D eigenvalue weighted by Crippen LogP contribution is -2.07. The lowest BCUT2D eigenvalue weighted by atomic mass is 10.3. The summed E-state index contributed by atoms with van der Waals surface area (Å²) in [5.74, 6) is 0.823. The average molecular weight is 244 g/mol. The molecule has 2 N–H and O–H groups in total. The lowest BCUT2D eigenvalue weighted by molar-refractivity contribution is 0.301. The van der Waals surface area contributed by atoms with E-state index in [-0.39, 0.29) is 5.43 Å². The van der Waals surface area contributed by atoms with Gasteiger partial charge in [0.2, 0.25) is 0 Å². The van der Waals surface area contributed by atoms with Crippen LogP contribution in [0.15, 0.2) is 53.6 Å². The first-order chi connectivity index (χ1) is 8.74. The number of benzene rings is 1. The van der Waals surface area contributed by atoms with Gasteiger partial charge >= 0.3 is 0 Å². The largest absolute Gasteiger partial charge is 0.494 e. The van der Waals surface area contributed by atoms with Crippen LogP contribution in [0, 0.1) is 0 Å². The number of nitrogens with zero attached hydrogens (tertiary/aromatic N) is 1. The zero-order valence-corrected chi connectivity index (χ0v) is 10.1. The number of nitrogens with two attached hydrogens (primary N) is 1. The number of rotatable bonds is 5. The van der Waals surface area contributed by atoms with Gasteiger partial charge in [0, 0.05) is 36.8 Å². The highest BCUT2D eigenvalue weighted by molar-refractivity contribution is 5.41. The minimum absolute atomic E-state index is 0.0318. The Balaban J connectivity index is 1.74. The molecule has 1 aromatic carbocycles. The van der Waals surface area contributed by atoms with Gasteiger partial charge in [-0.15, -0.1) is 0 Å². The molecular formula is C14H16N2O2. The molecule has 0 saturated carbocycles. The van der Waals surface area contributed by atoms with Gasteiger partial charge in [-0.2, -0.15) is 0 Å². The summed E-state index contributed by atoms with van der Waals surface area (Å²) in [6, 6.07) is 10.5. The zero-order valence-electron chi connectivity index (χ0n) is 10.1. The number of hydrogen-bond acceptors (Lipinski definition) is 3. The maximum atomic E-state index is 10.9. The molecule has 4 heteroatoms. The molecule has 0 unspecified atom stereocenters. The summed E-state index contributed by atoms with van der Waals surface area (Å²) in [5, 5.41) is 0. The fraction of sp³-hybridized carbons (Fsp3) is 0.214. The van der Waals surface area contributed by atoms with Crippen LogP contribution in [0.3, 0.4) is 0 Å². The van der Waals surface area contributed by atoms with Crippen LogP contribution in [-0.2, 0) is 6.54 Å². The monoisotopic (exact) mass is 244 g/mol. The molecule has 0 aliphatic heterocycles. The van der Waals surface area contributed by atoms with Gasteiger partial charge in [0.15, 0.2) is 5.43 Å². The van der Waals surface area contributed by atoms with Gasteiger partial charge in [0.1, 0.15) is 5.75 Å². The van der Waals surface area contributed by atoms with Crippen LogP contribution in [0.1, 0.15) is 6.42 Å². The Morgan fingerprint density at radius 2 is 1.72 bits per heavy atom. The van der Waals surface area contributed by atoms with Crippen LogP contribution >= 0.6 is 0 Å². The Morgan fingerprint density at radius 1 is 1.06 bits per heavy atom. The topological polar surface area (TPSA) is 57.2 Å². The summed E-state index contributed by atoms with van der Waals surface area (Å²) in [5.41, 5.74) is 6.35. The van der Waals surface area contributed by atoms with Gasteiger partial charge in [-0.1, -0.05) is 0 Å². The summed E-state index contributed by atoms with van der Waals surface area (Å²) < 4.78 is 7.54. The smallest absolute Gasteiger partial charge is 0.181 e. The van der Waals surface area contributed by atoms with Crippen molar-refractivity contribution in [3.8, 4) is 5.75 Å². The first-order valence-electron chi connectivity index (χ1n) is 5.88. The zero-order chi connectivity index (χ0) is 12.8. The minimum atomic E-state index is 0.0318. The standard InChI is InChI=1S/C14H16N2O2/c15-12-2-4-14(5-3-12)18-11-1-8-16-9-6-13(17)7-10-16/h2-7,9-10H,1,8,11,15H2. The van der Waals surface area contributed by atoms with Crippen LogP contribution in [0.4, 0.5) is 5.69 Å². The van der Waals surface area contributed by atoms with Crippen LogP contribution in [-0.4, -0.2) is 11.2 Å². The number of hydrogen-bond donors (Lipinski definition) is 1. The molecule has 0 aliphatic carbocycles. The molecule has 0 spiro atoms. The number of ether oxygens (including phenoxy) is 1. The lowest BCUT2D eigenvalue weighted by Gasteiger charge is -2.08. The van der Waals surface area contributed by atoms with Gasteiger partial charge in [0.05, 0.1) is 6.61 Å². The van der Waals surface area contributed by atoms with Crippen LogP contribution in [0.25, 0.3) is 0 Å². The molecule has 0 bridgehead atoms. The molecule has 0 radical (unpaired) electrons. The Morgan fingerprint density at radius 3 is 2.39 bits per heavy atom. The number of aromatic nitrogens is 1. The maximum absolute atomic E-state index is 10.9. The SMILES string of the molecule is Nc1ccc(OCCCn2ccc(=O)cc2)cc1. The Hall–Kier alpha value is -2.23. The van der Waals surface area contributed by atoms with Crippen LogP contribution < -0.4 is 15.9 Å². The number of aryl methyl sites for hydroxylation is 1. The van der Waals surface area contributed by atoms with Crippen molar-refractivity contribution in [1.29, 1.82) is 0 Å². The highest BCUT2D eigenvalue weighted by Crippen LogP contribution is 2.13. The van der Waals surface area contributed by atoms with E-state index in [9.17, 15) is 4.79 Å². The van der Waals surface area contributed by atoms with E-state index in [1.54, 1.807) is 24.5 Å². The predicted molar refractivity (Wildman–Crippen MR) is 71.7 cm³/mol. The molecule has 0 atom stereocenters. The fourth-order valence-electron chi connectivity index (χ4n) is 1.59. The number of anilines is 1. The molecule has 18 heavy (non-hydrogen) atoms. The highest BCUT2D eigenvalue weighted by Gasteiger charge is 1.94. The van der Waals surface area contributed by atoms with Crippen molar-refractivity contribution < 1.29 is 4.74 Å². The molecule has 0 saturated heterocycles. The molecule has 1 aromatic heterocycles. The van der Waals surface area contributed by atoms with Gasteiger partial charge in [-0.3, -0.25) is 4.79 Å². The second-order valence-corrected chi connectivity index (χ2v) is 4.04. The Labute approximate surface area is 106 Å². The predicted octanol–water partition coefficient (Wildman–Crippen LogP) is 1.90. The fourth-order valence-corrected chi connectivity index (χ4v) is 1.59. The van der Waals surface area contributed by atoms with E-state index < -0.39 is 0 Å². The van der Waals surface area contributed by atoms with Crippen molar-refractivity contribution in [2.45, 2.75) is 13.0 Å². The van der Waals surface area contributed by atoms with Crippen molar-refractivity contribution in [3.63, 3.8) is 0 Å². The average Bonchev–Trinajstić information content (AvgIpc) is 2.39. The van der Waals surface area contributed by atoms with E-state index in [1.807, 2.05) is 28.8 Å². The quantitative estimate of drug-likeness (QED) is 0.645. The van der Waals surface area contributed by atoms with Gasteiger partial charge in [-0.05, 0) is 30.7 Å². The van der Waals surface area contributed by atoms with Crippen molar-refractivity contribution in [2.24, 2.45) is 0 Å². The summed E-state index contributed by atoms with van der Waals surface area (Å²) in [6.45, 7) is 1.46. The minimum Gasteiger partial charge on any atom is -0.494 e. The summed E-state index contributed by atoms with van der Waals surface area (Å²) in [4.78, 5) is 10.9. The van der Waals surface area contributed by atoms with Gasteiger partial charge in [-0.25, -0.2) is 0 Å². The van der Waals surface area contributed by atoms with Gasteiger partial charge < -0.3 is 15.0 Å². The molecule has 94 valence electrons. The van der Waals surface area contributed by atoms with E-state index in [4.69, 9.17) is 10.5 Å². The number of pyridine rings is 1. The van der Waals surface area contributed by atoms with Crippen LogP contribution in [0.2, 0.25) is 0 Å². The van der Waals surface area contributed by atoms with E-state index in [1.165, 1.54) is 0 Å². The van der Waals surface area contributed by atoms with E-state index in [2.05, 4.69) is 0 Å². The van der Waals surface area contributed by atoms with E-state index in [0.717, 1.165) is 24.4 Å². The molecule has 1 heterocycles. The molecule has 2 rings (SSSR count). The van der Waals surface area contributed by atoms with E-state index in [0.29, 0.717) is 6.61 Å². The molecule has 0 fully saturated rings. The normalized spacial score (nSPS) is 10.2. The third-order valence-corrected chi connectivity index (χ3v) is 2.57. The van der Waals surface area contributed by atoms with Crippen molar-refractivity contribution in [1.82, 2.24) is 4.57 Å². The molecule has 4 nitrogen and oxygen atoms in total. The van der Waals surface area contributed by atoms with Crippen molar-refractivity contribution in [2.75, 3.05) is 12.3 Å². The highest BCUT2D eigenvalue weighted by atomic mass is 16.5. The van der Waals surface area contributed by atoms with Crippen molar-refractivity contribution in [3.05, 3.63) is 59.0 Å². The third kappa shape index (κ3) is 3.66. The van der Waals surface area contributed by atoms with Gasteiger partial charge in [0.25, 0.3) is 0 Å².